The van der Waals surface area contributed by atoms with E-state index in [9.17, 15) is 22.8 Å². The van der Waals surface area contributed by atoms with E-state index in [1.807, 2.05) is 18.2 Å². The van der Waals surface area contributed by atoms with E-state index < -0.39 is 21.8 Å². The van der Waals surface area contributed by atoms with E-state index in [1.54, 1.807) is 79.3 Å². The molecule has 0 aliphatic rings. The fourth-order valence-corrected chi connectivity index (χ4v) is 5.81. The van der Waals surface area contributed by atoms with Crippen molar-refractivity contribution in [1.29, 1.82) is 0 Å². The fraction of sp³-hybridized carbons (Fsp3) is 0.0938. The highest BCUT2D eigenvalue weighted by Crippen LogP contribution is 2.23. The van der Waals surface area contributed by atoms with Crippen molar-refractivity contribution in [1.82, 2.24) is 9.36 Å². The summed E-state index contributed by atoms with van der Waals surface area (Å²) in [7, 11) is -0.746. The molecule has 1 heterocycles. The summed E-state index contributed by atoms with van der Waals surface area (Å²) in [4.78, 5) is 39.4. The second kappa shape index (κ2) is 11.8. The zero-order valence-electron chi connectivity index (χ0n) is 23.7. The first-order valence-corrected chi connectivity index (χ1v) is 14.7. The van der Waals surface area contributed by atoms with E-state index in [-0.39, 0.29) is 27.3 Å². The first kappa shape index (κ1) is 29.1. The van der Waals surface area contributed by atoms with Gasteiger partial charge >= 0.3 is 0 Å². The molecule has 0 atom stereocenters. The zero-order chi connectivity index (χ0) is 30.7. The third-order valence-electron chi connectivity index (χ3n) is 7.05. The second-order valence-electron chi connectivity index (χ2n) is 9.76. The topological polar surface area (TPSA) is 123 Å². The van der Waals surface area contributed by atoms with Crippen LogP contribution in [0.2, 0.25) is 0 Å². The lowest BCUT2D eigenvalue weighted by Crippen LogP contribution is -2.26. The molecule has 0 fully saturated rings. The molecule has 4 aromatic carbocycles. The van der Waals surface area contributed by atoms with Crippen molar-refractivity contribution in [3.63, 3.8) is 0 Å². The van der Waals surface area contributed by atoms with Gasteiger partial charge < -0.3 is 10.6 Å². The molecule has 0 saturated carbocycles. The van der Waals surface area contributed by atoms with Gasteiger partial charge in [-0.15, -0.1) is 0 Å². The van der Waals surface area contributed by atoms with E-state index in [0.29, 0.717) is 22.8 Å². The average Bonchev–Trinajstić information content (AvgIpc) is 3.24. The summed E-state index contributed by atoms with van der Waals surface area (Å²) in [6.07, 6.45) is 0. The Bertz CT molecular complexity index is 1980. The van der Waals surface area contributed by atoms with Crippen molar-refractivity contribution in [2.24, 2.45) is 7.05 Å². The predicted octanol–water partition coefficient (Wildman–Crippen LogP) is 4.81. The van der Waals surface area contributed by atoms with E-state index >= 15 is 0 Å². The largest absolute Gasteiger partial charge is 0.322 e. The minimum absolute atomic E-state index is 0.0426. The molecule has 0 unspecified atom stereocenters. The van der Waals surface area contributed by atoms with Crippen LogP contribution >= 0.6 is 0 Å². The summed E-state index contributed by atoms with van der Waals surface area (Å²) in [6, 6.07) is 29.7. The number of sulfonamides is 1. The van der Waals surface area contributed by atoms with Crippen LogP contribution < -0.4 is 20.5 Å². The van der Waals surface area contributed by atoms with Gasteiger partial charge in [0.2, 0.25) is 0 Å². The Kier molecular flexibility index (Phi) is 8.00. The highest BCUT2D eigenvalue weighted by molar-refractivity contribution is 7.92. The SMILES string of the molecule is Cc1c(NC(=O)c2cccc(NC(=O)c3cccc(S(=O)(=O)N(C)c4ccccc4)c3)c2)c(=O)n(-c2ccccc2)n1C. The monoisotopic (exact) mass is 595 g/mol. The molecule has 10 nitrogen and oxygen atoms in total. The van der Waals surface area contributed by atoms with Crippen LogP contribution in [0, 0.1) is 6.92 Å². The van der Waals surface area contributed by atoms with Gasteiger partial charge in [0.05, 0.1) is 22.0 Å². The Morgan fingerprint density at radius 1 is 0.744 bits per heavy atom. The van der Waals surface area contributed by atoms with Gasteiger partial charge in [0.1, 0.15) is 5.69 Å². The number of para-hydroxylation sites is 2. The molecule has 1 aromatic heterocycles. The summed E-state index contributed by atoms with van der Waals surface area (Å²) in [5, 5.41) is 5.43. The molecule has 0 aliphatic carbocycles. The van der Waals surface area contributed by atoms with Gasteiger partial charge in [0, 0.05) is 30.9 Å². The van der Waals surface area contributed by atoms with Crippen LogP contribution in [0.3, 0.4) is 0 Å². The maximum absolute atomic E-state index is 13.2. The van der Waals surface area contributed by atoms with Crippen LogP contribution in [0.1, 0.15) is 26.4 Å². The van der Waals surface area contributed by atoms with E-state index in [1.165, 1.54) is 42.1 Å². The van der Waals surface area contributed by atoms with Crippen molar-refractivity contribution in [2.75, 3.05) is 22.0 Å². The molecule has 218 valence electrons. The molecule has 0 bridgehead atoms. The first-order chi connectivity index (χ1) is 20.6. The van der Waals surface area contributed by atoms with Crippen molar-refractivity contribution < 1.29 is 18.0 Å². The molecule has 0 aliphatic heterocycles. The smallest absolute Gasteiger partial charge is 0.295 e. The van der Waals surface area contributed by atoms with Crippen LogP contribution in [-0.2, 0) is 17.1 Å². The zero-order valence-corrected chi connectivity index (χ0v) is 24.5. The number of hydrogen-bond donors (Lipinski definition) is 2. The van der Waals surface area contributed by atoms with Gasteiger partial charge in [0.25, 0.3) is 27.4 Å². The Labute approximate surface area is 248 Å². The van der Waals surface area contributed by atoms with Gasteiger partial charge in [-0.1, -0.05) is 48.5 Å². The highest BCUT2D eigenvalue weighted by Gasteiger charge is 2.23. The van der Waals surface area contributed by atoms with Crippen LogP contribution in [-0.4, -0.2) is 36.6 Å². The number of benzene rings is 4. The van der Waals surface area contributed by atoms with Crippen LogP contribution in [0.5, 0.6) is 0 Å². The standard InChI is InChI=1S/C32H29N5O5S/c1-22-29(32(40)37(35(22)2)27-17-8-5-9-18-27)34-31(39)23-12-10-14-25(20-23)33-30(38)24-13-11-19-28(21-24)43(41,42)36(3)26-15-6-4-7-16-26/h4-21H,1-3H3,(H,33,38)(H,34,39). The van der Waals surface area contributed by atoms with Gasteiger partial charge in [-0.3, -0.25) is 23.4 Å². The summed E-state index contributed by atoms with van der Waals surface area (Å²) in [5.74, 6) is -1.08. The lowest BCUT2D eigenvalue weighted by atomic mass is 10.1. The molecule has 5 aromatic rings. The number of rotatable bonds is 8. The maximum Gasteiger partial charge on any atom is 0.295 e. The van der Waals surface area contributed by atoms with Crippen LogP contribution in [0.15, 0.2) is 119 Å². The Morgan fingerprint density at radius 2 is 1.33 bits per heavy atom. The average molecular weight is 596 g/mol. The number of anilines is 3. The lowest BCUT2D eigenvalue weighted by molar-refractivity contribution is 0.101. The third-order valence-corrected chi connectivity index (χ3v) is 8.83. The molecular weight excluding hydrogens is 566 g/mol. The van der Waals surface area contributed by atoms with Gasteiger partial charge in [-0.05, 0) is 67.6 Å². The van der Waals surface area contributed by atoms with E-state index in [0.717, 1.165) is 4.31 Å². The molecule has 2 amide bonds. The van der Waals surface area contributed by atoms with E-state index in [2.05, 4.69) is 10.6 Å². The molecule has 2 N–H and O–H groups in total. The Hall–Kier alpha value is -5.42. The molecule has 0 radical (unpaired) electrons. The number of carbonyl (C=O) groups is 2. The predicted molar refractivity (Wildman–Crippen MR) is 167 cm³/mol. The quantitative estimate of drug-likeness (QED) is 0.267. The number of nitrogens with zero attached hydrogens (tertiary/aromatic N) is 3. The summed E-state index contributed by atoms with van der Waals surface area (Å²) < 4.78 is 30.7. The van der Waals surface area contributed by atoms with E-state index in [4.69, 9.17) is 0 Å². The number of amides is 2. The molecule has 11 heteroatoms. The van der Waals surface area contributed by atoms with Crippen molar-refractivity contribution in [3.8, 4) is 5.69 Å². The second-order valence-corrected chi connectivity index (χ2v) is 11.7. The van der Waals surface area contributed by atoms with Gasteiger partial charge in [-0.2, -0.15) is 0 Å². The first-order valence-electron chi connectivity index (χ1n) is 13.3. The van der Waals surface area contributed by atoms with Gasteiger partial charge in [-0.25, -0.2) is 13.1 Å². The Morgan fingerprint density at radius 3 is 2.00 bits per heavy atom. The summed E-state index contributed by atoms with van der Waals surface area (Å²) in [6.45, 7) is 1.74. The summed E-state index contributed by atoms with van der Waals surface area (Å²) in [5.41, 5.74) is 2.13. The Balaban J connectivity index is 1.34. The normalized spacial score (nSPS) is 11.1. The molecule has 43 heavy (non-hydrogen) atoms. The van der Waals surface area contributed by atoms with Crippen molar-refractivity contribution in [2.45, 2.75) is 11.8 Å². The summed E-state index contributed by atoms with van der Waals surface area (Å²) >= 11 is 0. The number of nitrogens with one attached hydrogen (secondary N) is 2. The molecule has 0 saturated heterocycles. The highest BCUT2D eigenvalue weighted by atomic mass is 32.2. The maximum atomic E-state index is 13.2. The van der Waals surface area contributed by atoms with Crippen molar-refractivity contribution in [3.05, 3.63) is 136 Å². The lowest BCUT2D eigenvalue weighted by Gasteiger charge is -2.19. The number of carbonyl (C=O) groups excluding carboxylic acids is 2. The van der Waals surface area contributed by atoms with Gasteiger partial charge in [0.15, 0.2) is 0 Å². The fourth-order valence-electron chi connectivity index (χ4n) is 4.57. The number of hydrogen-bond acceptors (Lipinski definition) is 5. The minimum Gasteiger partial charge on any atom is -0.322 e. The third kappa shape index (κ3) is 5.84. The molecular formula is C32H29N5O5S. The van der Waals surface area contributed by atoms with Crippen LogP contribution in [0.4, 0.5) is 17.1 Å². The van der Waals surface area contributed by atoms with Crippen LogP contribution in [0.25, 0.3) is 5.69 Å². The number of aromatic nitrogens is 2. The van der Waals surface area contributed by atoms with Crippen molar-refractivity contribution >= 4 is 38.9 Å². The minimum atomic E-state index is -3.92. The molecule has 0 spiro atoms. The molecule has 5 rings (SSSR count).